The molecule has 0 bridgehead atoms. The van der Waals surface area contributed by atoms with E-state index in [1.807, 2.05) is 48.5 Å². The number of carbonyl (C=O) groups is 1. The maximum Gasteiger partial charge on any atom is 0.254 e. The minimum absolute atomic E-state index is 0.189. The fraction of sp³-hybridized carbons (Fsp3) is 0.0500. The van der Waals surface area contributed by atoms with E-state index in [1.165, 1.54) is 6.20 Å². The van der Waals surface area contributed by atoms with Crippen molar-refractivity contribution in [3.8, 4) is 16.9 Å². The first-order valence-corrected chi connectivity index (χ1v) is 8.75. The van der Waals surface area contributed by atoms with Gasteiger partial charge in [0.25, 0.3) is 5.91 Å². The lowest BCUT2D eigenvalue weighted by molar-refractivity contribution is 0.0951. The highest BCUT2D eigenvalue weighted by atomic mass is 35.5. The summed E-state index contributed by atoms with van der Waals surface area (Å²) in [5, 5.41) is 14.6. The summed E-state index contributed by atoms with van der Waals surface area (Å²) >= 11 is 6.17. The average Bonchev–Trinajstić information content (AvgIpc) is 3.39. The van der Waals surface area contributed by atoms with Crippen LogP contribution in [0.1, 0.15) is 15.9 Å². The van der Waals surface area contributed by atoms with Crippen molar-refractivity contribution in [3.63, 3.8) is 0 Å². The lowest BCUT2D eigenvalue weighted by Crippen LogP contribution is -2.22. The van der Waals surface area contributed by atoms with Crippen molar-refractivity contribution < 1.29 is 4.79 Å². The topological polar surface area (TPSA) is 75.6 Å². The number of H-pyrrole nitrogens is 1. The van der Waals surface area contributed by atoms with Crippen LogP contribution in [0.3, 0.4) is 0 Å². The van der Waals surface area contributed by atoms with E-state index in [9.17, 15) is 4.79 Å². The van der Waals surface area contributed by atoms with Gasteiger partial charge in [0.2, 0.25) is 0 Å². The van der Waals surface area contributed by atoms with Crippen molar-refractivity contribution in [1.29, 1.82) is 0 Å². The van der Waals surface area contributed by atoms with Crippen molar-refractivity contribution in [2.24, 2.45) is 0 Å². The zero-order chi connectivity index (χ0) is 18.6. The van der Waals surface area contributed by atoms with Crippen LogP contribution >= 0.6 is 11.6 Å². The number of rotatable bonds is 5. The molecule has 2 heterocycles. The smallest absolute Gasteiger partial charge is 0.254 e. The number of aromatic amines is 1. The van der Waals surface area contributed by atoms with E-state index in [-0.39, 0.29) is 5.91 Å². The van der Waals surface area contributed by atoms with Crippen LogP contribution in [0.2, 0.25) is 5.02 Å². The quantitative estimate of drug-likeness (QED) is 0.554. The van der Waals surface area contributed by atoms with E-state index in [2.05, 4.69) is 20.6 Å². The summed E-state index contributed by atoms with van der Waals surface area (Å²) in [5.41, 5.74) is 4.21. The molecule has 1 amide bonds. The lowest BCUT2D eigenvalue weighted by atomic mass is 10.1. The molecule has 27 heavy (non-hydrogen) atoms. The van der Waals surface area contributed by atoms with E-state index in [0.717, 1.165) is 22.5 Å². The van der Waals surface area contributed by atoms with E-state index in [4.69, 9.17) is 11.6 Å². The van der Waals surface area contributed by atoms with Crippen LogP contribution < -0.4 is 5.32 Å². The Balaban J connectivity index is 1.41. The van der Waals surface area contributed by atoms with Gasteiger partial charge in [-0.2, -0.15) is 10.2 Å². The number of benzene rings is 2. The molecular formula is C20H16ClN5O. The van der Waals surface area contributed by atoms with Crippen molar-refractivity contribution in [2.45, 2.75) is 6.54 Å². The Kier molecular flexibility index (Phi) is 4.72. The van der Waals surface area contributed by atoms with Gasteiger partial charge < -0.3 is 5.32 Å². The molecule has 0 unspecified atom stereocenters. The summed E-state index contributed by atoms with van der Waals surface area (Å²) in [7, 11) is 0. The number of carbonyl (C=O) groups excluding carboxylic acids is 1. The van der Waals surface area contributed by atoms with Crippen molar-refractivity contribution >= 4 is 17.5 Å². The highest BCUT2D eigenvalue weighted by Crippen LogP contribution is 2.19. The number of nitrogens with one attached hydrogen (secondary N) is 2. The molecule has 0 aliphatic rings. The summed E-state index contributed by atoms with van der Waals surface area (Å²) in [5.74, 6) is -0.189. The minimum Gasteiger partial charge on any atom is -0.348 e. The van der Waals surface area contributed by atoms with Crippen molar-refractivity contribution in [3.05, 3.63) is 89.3 Å². The van der Waals surface area contributed by atoms with Gasteiger partial charge >= 0.3 is 0 Å². The van der Waals surface area contributed by atoms with Gasteiger partial charge in [-0.25, -0.2) is 4.68 Å². The molecule has 4 aromatic rings. The van der Waals surface area contributed by atoms with Crippen LogP contribution in [0.25, 0.3) is 16.9 Å². The molecule has 2 aromatic carbocycles. The van der Waals surface area contributed by atoms with Crippen LogP contribution in [0.15, 0.2) is 73.2 Å². The van der Waals surface area contributed by atoms with Gasteiger partial charge in [0, 0.05) is 18.9 Å². The minimum atomic E-state index is -0.189. The zero-order valence-corrected chi connectivity index (χ0v) is 15.0. The first kappa shape index (κ1) is 17.1. The Morgan fingerprint density at radius 3 is 2.67 bits per heavy atom. The SMILES string of the molecule is O=C(NCc1ccc(-c2ccn[nH]2)cc1)c1cnn(-c2ccccc2Cl)c1. The molecule has 7 heteroatoms. The first-order valence-electron chi connectivity index (χ1n) is 8.37. The number of nitrogens with zero attached hydrogens (tertiary/aromatic N) is 3. The maximum absolute atomic E-state index is 12.4. The summed E-state index contributed by atoms with van der Waals surface area (Å²) < 4.78 is 1.59. The number of para-hydroxylation sites is 1. The molecule has 0 saturated carbocycles. The average molecular weight is 378 g/mol. The Bertz CT molecular complexity index is 1050. The monoisotopic (exact) mass is 377 g/mol. The molecular weight excluding hydrogens is 362 g/mol. The van der Waals surface area contributed by atoms with Crippen molar-refractivity contribution in [1.82, 2.24) is 25.3 Å². The van der Waals surface area contributed by atoms with Gasteiger partial charge in [-0.1, -0.05) is 48.0 Å². The zero-order valence-electron chi connectivity index (χ0n) is 14.3. The molecule has 0 aliphatic heterocycles. The van der Waals surface area contributed by atoms with Crippen LogP contribution in [0.5, 0.6) is 0 Å². The Morgan fingerprint density at radius 1 is 1.11 bits per heavy atom. The highest BCUT2D eigenvalue weighted by Gasteiger charge is 2.11. The van der Waals surface area contributed by atoms with E-state index in [0.29, 0.717) is 17.1 Å². The van der Waals surface area contributed by atoms with E-state index < -0.39 is 0 Å². The molecule has 0 atom stereocenters. The molecule has 2 N–H and O–H groups in total. The van der Waals surface area contributed by atoms with Gasteiger partial charge in [0.1, 0.15) is 0 Å². The second kappa shape index (κ2) is 7.47. The summed E-state index contributed by atoms with van der Waals surface area (Å²) in [6, 6.07) is 17.2. The van der Waals surface area contributed by atoms with Crippen molar-refractivity contribution in [2.75, 3.05) is 0 Å². The normalized spacial score (nSPS) is 10.7. The standard InChI is InChI=1S/C20H16ClN5O/c21-17-3-1-2-4-19(17)26-13-16(12-24-26)20(27)22-11-14-5-7-15(8-6-14)18-9-10-23-25-18/h1-10,12-13H,11H2,(H,22,27)(H,23,25). The Morgan fingerprint density at radius 2 is 1.93 bits per heavy atom. The predicted molar refractivity (Wildman–Crippen MR) is 104 cm³/mol. The van der Waals surface area contributed by atoms with Crippen LogP contribution in [0.4, 0.5) is 0 Å². The molecule has 6 nitrogen and oxygen atoms in total. The van der Waals surface area contributed by atoms with Crippen LogP contribution in [-0.4, -0.2) is 25.9 Å². The van der Waals surface area contributed by atoms with Gasteiger partial charge in [0.15, 0.2) is 0 Å². The van der Waals surface area contributed by atoms with E-state index in [1.54, 1.807) is 23.1 Å². The fourth-order valence-electron chi connectivity index (χ4n) is 2.71. The highest BCUT2D eigenvalue weighted by molar-refractivity contribution is 6.32. The predicted octanol–water partition coefficient (Wildman–Crippen LogP) is 3.85. The molecule has 0 spiro atoms. The maximum atomic E-state index is 12.4. The first-order chi connectivity index (χ1) is 13.2. The Hall–Kier alpha value is -3.38. The van der Waals surface area contributed by atoms with E-state index >= 15 is 0 Å². The van der Waals surface area contributed by atoms with Gasteiger partial charge in [0.05, 0.1) is 28.2 Å². The second-order valence-corrected chi connectivity index (χ2v) is 6.38. The largest absolute Gasteiger partial charge is 0.348 e. The lowest BCUT2D eigenvalue weighted by Gasteiger charge is -2.05. The molecule has 0 fully saturated rings. The fourth-order valence-corrected chi connectivity index (χ4v) is 2.93. The number of hydrogen-bond donors (Lipinski definition) is 2. The van der Waals surface area contributed by atoms with Gasteiger partial charge in [-0.3, -0.25) is 9.89 Å². The molecule has 0 saturated heterocycles. The summed E-state index contributed by atoms with van der Waals surface area (Å²) in [6.07, 6.45) is 4.91. The number of aromatic nitrogens is 4. The number of halogens is 1. The molecule has 134 valence electrons. The second-order valence-electron chi connectivity index (χ2n) is 5.97. The molecule has 4 rings (SSSR count). The summed E-state index contributed by atoms with van der Waals surface area (Å²) in [6.45, 7) is 0.430. The molecule has 2 aromatic heterocycles. The number of amides is 1. The third-order valence-electron chi connectivity index (χ3n) is 4.16. The summed E-state index contributed by atoms with van der Waals surface area (Å²) in [4.78, 5) is 12.4. The third-order valence-corrected chi connectivity index (χ3v) is 4.48. The third kappa shape index (κ3) is 3.75. The Labute approximate surface area is 160 Å². The van der Waals surface area contributed by atoms with Crippen LogP contribution in [-0.2, 0) is 6.54 Å². The van der Waals surface area contributed by atoms with Crippen LogP contribution in [0, 0.1) is 0 Å². The number of hydrogen-bond acceptors (Lipinski definition) is 3. The molecule has 0 aliphatic carbocycles. The van der Waals surface area contributed by atoms with Gasteiger partial charge in [-0.05, 0) is 29.3 Å². The van der Waals surface area contributed by atoms with Gasteiger partial charge in [-0.15, -0.1) is 0 Å². The molecule has 0 radical (unpaired) electrons.